The maximum absolute atomic E-state index is 13.4. The molecular formula is C33H33N3O8S. The molecule has 234 valence electrons. The number of sulfone groups is 1. The summed E-state index contributed by atoms with van der Waals surface area (Å²) in [7, 11) is -4.21. The zero-order valence-corrected chi connectivity index (χ0v) is 25.1. The molecule has 0 aliphatic heterocycles. The number of aliphatic hydroxyl groups excluding tert-OH is 1. The average molecular weight is 632 g/mol. The summed E-state index contributed by atoms with van der Waals surface area (Å²) in [6.07, 6.45) is 0.276. The van der Waals surface area contributed by atoms with Gasteiger partial charge in [0.25, 0.3) is 5.69 Å². The van der Waals surface area contributed by atoms with Gasteiger partial charge in [0.05, 0.1) is 16.4 Å². The van der Waals surface area contributed by atoms with E-state index in [4.69, 9.17) is 4.74 Å². The van der Waals surface area contributed by atoms with Crippen molar-refractivity contribution in [3.63, 3.8) is 0 Å². The smallest absolute Gasteiger partial charge is 0.329 e. The Balaban J connectivity index is 1.59. The number of nitrogens with one attached hydrogen (secondary N) is 1. The summed E-state index contributed by atoms with van der Waals surface area (Å²) < 4.78 is 31.9. The lowest BCUT2D eigenvalue weighted by Crippen LogP contribution is -2.50. The van der Waals surface area contributed by atoms with Gasteiger partial charge in [-0.1, -0.05) is 84.9 Å². The predicted molar refractivity (Wildman–Crippen MR) is 166 cm³/mol. The fourth-order valence-corrected chi connectivity index (χ4v) is 6.05. The predicted octanol–water partition coefficient (Wildman–Crippen LogP) is 4.33. The van der Waals surface area contributed by atoms with E-state index in [1.807, 2.05) is 36.4 Å². The van der Waals surface area contributed by atoms with Crippen molar-refractivity contribution < 1.29 is 32.8 Å². The van der Waals surface area contributed by atoms with E-state index >= 15 is 0 Å². The van der Waals surface area contributed by atoms with Crippen LogP contribution < -0.4 is 5.32 Å². The van der Waals surface area contributed by atoms with Crippen LogP contribution in [0.4, 0.5) is 10.5 Å². The maximum atomic E-state index is 13.4. The summed E-state index contributed by atoms with van der Waals surface area (Å²) >= 11 is 0. The molecular weight excluding hydrogens is 598 g/mol. The molecule has 4 rings (SSSR count). The van der Waals surface area contributed by atoms with E-state index < -0.39 is 43.4 Å². The first-order chi connectivity index (χ1) is 21.7. The van der Waals surface area contributed by atoms with Gasteiger partial charge in [-0.05, 0) is 41.3 Å². The van der Waals surface area contributed by atoms with Gasteiger partial charge in [-0.25, -0.2) is 18.0 Å². The van der Waals surface area contributed by atoms with E-state index in [2.05, 4.69) is 5.32 Å². The van der Waals surface area contributed by atoms with Crippen LogP contribution >= 0.6 is 0 Å². The third-order valence-electron chi connectivity index (χ3n) is 6.98. The first-order valence-corrected chi connectivity index (χ1v) is 15.7. The zero-order valence-electron chi connectivity index (χ0n) is 24.3. The fraction of sp³-hybridized carbons (Fsp3) is 0.212. The number of nitro benzene ring substituents is 1. The number of esters is 1. The molecule has 0 aliphatic rings. The van der Waals surface area contributed by atoms with Crippen molar-refractivity contribution in [3.05, 3.63) is 136 Å². The lowest BCUT2D eigenvalue weighted by molar-refractivity contribution is -0.387. The van der Waals surface area contributed by atoms with Crippen LogP contribution in [0.5, 0.6) is 0 Å². The number of amides is 2. The van der Waals surface area contributed by atoms with Crippen molar-refractivity contribution in [2.24, 2.45) is 0 Å². The van der Waals surface area contributed by atoms with Crippen LogP contribution in [0, 0.1) is 10.1 Å². The molecule has 0 saturated heterocycles. The SMILES string of the molecule is O=C(OCc1ccccc1)[C@H](Cc1ccc(S(=O)(=O)c2ccccc2)c([N+](=O)[O-])c1)NC(=O)N(CCO)CCc1ccccc1. The van der Waals surface area contributed by atoms with Crippen molar-refractivity contribution in [2.45, 2.75) is 35.3 Å². The Morgan fingerprint density at radius 2 is 1.44 bits per heavy atom. The fourth-order valence-electron chi connectivity index (χ4n) is 4.63. The minimum atomic E-state index is -4.21. The second-order valence-corrected chi connectivity index (χ2v) is 12.0. The third-order valence-corrected chi connectivity index (χ3v) is 8.80. The van der Waals surface area contributed by atoms with Gasteiger partial charge in [-0.2, -0.15) is 0 Å². The van der Waals surface area contributed by atoms with Crippen LogP contribution in [0.3, 0.4) is 0 Å². The van der Waals surface area contributed by atoms with Crippen LogP contribution in [0.2, 0.25) is 0 Å². The molecule has 4 aromatic rings. The van der Waals surface area contributed by atoms with Gasteiger partial charge >= 0.3 is 12.0 Å². The van der Waals surface area contributed by atoms with Crippen molar-refractivity contribution in [2.75, 3.05) is 19.7 Å². The minimum absolute atomic E-state index is 0.00195. The second kappa shape index (κ2) is 15.6. The summed E-state index contributed by atoms with van der Waals surface area (Å²) in [4.78, 5) is 38.6. The molecule has 4 aromatic carbocycles. The normalized spacial score (nSPS) is 11.8. The van der Waals surface area contributed by atoms with E-state index in [-0.39, 0.29) is 43.2 Å². The quantitative estimate of drug-likeness (QED) is 0.118. The summed E-state index contributed by atoms with van der Waals surface area (Å²) in [5, 5.41) is 24.3. The van der Waals surface area contributed by atoms with Gasteiger partial charge in [0.15, 0.2) is 0 Å². The summed E-state index contributed by atoms with van der Waals surface area (Å²) in [5.41, 5.74) is 1.26. The summed E-state index contributed by atoms with van der Waals surface area (Å²) in [6.45, 7) is -0.134. The highest BCUT2D eigenvalue weighted by Gasteiger charge is 2.30. The molecule has 0 aliphatic carbocycles. The van der Waals surface area contributed by atoms with Crippen LogP contribution in [-0.2, 0) is 38.8 Å². The van der Waals surface area contributed by atoms with Crippen LogP contribution in [-0.4, -0.2) is 61.1 Å². The van der Waals surface area contributed by atoms with Gasteiger partial charge in [-0.15, -0.1) is 0 Å². The van der Waals surface area contributed by atoms with E-state index in [1.165, 1.54) is 35.2 Å². The molecule has 2 amide bonds. The van der Waals surface area contributed by atoms with Gasteiger partial charge < -0.3 is 20.1 Å². The summed E-state index contributed by atoms with van der Waals surface area (Å²) in [5.74, 6) is -0.789. The molecule has 0 bridgehead atoms. The average Bonchev–Trinajstić information content (AvgIpc) is 3.06. The molecule has 0 spiro atoms. The molecule has 12 heteroatoms. The van der Waals surface area contributed by atoms with Crippen molar-refractivity contribution in [1.29, 1.82) is 0 Å². The number of nitro groups is 1. The zero-order chi connectivity index (χ0) is 32.2. The standard InChI is InChI=1S/C33H33N3O8S/c37-21-20-35(19-18-25-10-4-1-5-11-25)33(39)34-29(32(38)44-24-26-12-6-2-7-13-26)22-27-16-17-31(30(23-27)36(40)41)45(42,43)28-14-8-3-9-15-28/h1-17,23,29,37H,18-22,24H2,(H,34,39)/t29-/m0/s1. The number of carbonyl (C=O) groups excluding carboxylic acids is 2. The molecule has 45 heavy (non-hydrogen) atoms. The second-order valence-electron chi connectivity index (χ2n) is 10.1. The number of aliphatic hydroxyl groups is 1. The number of hydrogen-bond acceptors (Lipinski definition) is 8. The van der Waals surface area contributed by atoms with E-state index in [1.54, 1.807) is 30.3 Å². The van der Waals surface area contributed by atoms with Crippen molar-refractivity contribution >= 4 is 27.5 Å². The number of ether oxygens (including phenoxy) is 1. The first-order valence-electron chi connectivity index (χ1n) is 14.2. The Morgan fingerprint density at radius 3 is 2.04 bits per heavy atom. The Hall–Kier alpha value is -5.07. The Morgan fingerprint density at radius 1 is 0.844 bits per heavy atom. The van der Waals surface area contributed by atoms with Gasteiger partial charge in [0.1, 0.15) is 17.5 Å². The number of hydrogen-bond donors (Lipinski definition) is 2. The largest absolute Gasteiger partial charge is 0.459 e. The van der Waals surface area contributed by atoms with E-state index in [0.29, 0.717) is 12.0 Å². The minimum Gasteiger partial charge on any atom is -0.459 e. The Labute approximate surface area is 261 Å². The van der Waals surface area contributed by atoms with Gasteiger partial charge in [0, 0.05) is 25.6 Å². The van der Waals surface area contributed by atoms with Crippen LogP contribution in [0.15, 0.2) is 119 Å². The number of urea groups is 1. The van der Waals surface area contributed by atoms with Crippen LogP contribution in [0.25, 0.3) is 0 Å². The molecule has 0 aromatic heterocycles. The number of nitrogens with zero attached hydrogens (tertiary/aromatic N) is 2. The Bertz CT molecular complexity index is 1700. The highest BCUT2D eigenvalue weighted by atomic mass is 32.2. The first kappa shape index (κ1) is 32.8. The van der Waals surface area contributed by atoms with E-state index in [0.717, 1.165) is 17.7 Å². The molecule has 2 N–H and O–H groups in total. The van der Waals surface area contributed by atoms with Gasteiger partial charge in [0.2, 0.25) is 9.84 Å². The molecule has 0 unspecified atom stereocenters. The molecule has 0 fully saturated rings. The molecule has 0 radical (unpaired) electrons. The number of benzene rings is 4. The number of rotatable bonds is 14. The molecule has 0 heterocycles. The monoisotopic (exact) mass is 631 g/mol. The molecule has 1 atom stereocenters. The maximum Gasteiger partial charge on any atom is 0.329 e. The molecule has 11 nitrogen and oxygen atoms in total. The third kappa shape index (κ3) is 8.97. The van der Waals surface area contributed by atoms with Crippen molar-refractivity contribution in [1.82, 2.24) is 10.2 Å². The highest BCUT2D eigenvalue weighted by Crippen LogP contribution is 2.30. The lowest BCUT2D eigenvalue weighted by Gasteiger charge is -2.25. The number of carbonyl (C=O) groups is 2. The highest BCUT2D eigenvalue weighted by molar-refractivity contribution is 7.91. The Kier molecular flexibility index (Phi) is 11.4. The van der Waals surface area contributed by atoms with Gasteiger partial charge in [-0.3, -0.25) is 10.1 Å². The van der Waals surface area contributed by atoms with Crippen molar-refractivity contribution in [3.8, 4) is 0 Å². The lowest BCUT2D eigenvalue weighted by atomic mass is 10.1. The molecule has 0 saturated carbocycles. The van der Waals surface area contributed by atoms with E-state index in [9.17, 15) is 33.2 Å². The topological polar surface area (TPSA) is 156 Å². The van der Waals surface area contributed by atoms with Crippen LogP contribution in [0.1, 0.15) is 16.7 Å². The summed E-state index contributed by atoms with van der Waals surface area (Å²) in [6, 6.07) is 27.4.